The molecule has 1 unspecified atom stereocenters. The van der Waals surface area contributed by atoms with E-state index in [9.17, 15) is 19.2 Å². The summed E-state index contributed by atoms with van der Waals surface area (Å²) in [4.78, 5) is 45.9. The van der Waals surface area contributed by atoms with Crippen LogP contribution in [0.2, 0.25) is 0 Å². The molecule has 1 aromatic carbocycles. The lowest BCUT2D eigenvalue weighted by Gasteiger charge is -2.34. The first-order chi connectivity index (χ1) is 16.2. The van der Waals surface area contributed by atoms with E-state index in [1.807, 2.05) is 25.1 Å². The molecule has 1 aromatic rings. The average Bonchev–Trinajstić information content (AvgIpc) is 2.82. The number of aryl methyl sites for hydroxylation is 1. The van der Waals surface area contributed by atoms with Gasteiger partial charge in [0.1, 0.15) is 5.75 Å². The van der Waals surface area contributed by atoms with Crippen LogP contribution in [-0.2, 0) is 19.2 Å². The molecule has 1 saturated carbocycles. The zero-order chi connectivity index (χ0) is 24.7. The highest BCUT2D eigenvalue weighted by Crippen LogP contribution is 2.31. The monoisotopic (exact) mass is 472 g/mol. The number of imide groups is 1. The van der Waals surface area contributed by atoms with Crippen LogP contribution < -0.4 is 10.1 Å². The number of piperidine rings is 2. The van der Waals surface area contributed by atoms with Crippen LogP contribution in [0, 0.1) is 12.3 Å². The van der Waals surface area contributed by atoms with Gasteiger partial charge < -0.3 is 14.7 Å². The van der Waals surface area contributed by atoms with E-state index in [0.29, 0.717) is 44.9 Å². The number of hydrogen-bond acceptors (Lipinski definition) is 5. The Labute approximate surface area is 201 Å². The first-order valence-corrected chi connectivity index (χ1v) is 12.3. The molecule has 3 fully saturated rings. The molecular weight excluding hydrogens is 436 g/mol. The highest BCUT2D eigenvalue weighted by atomic mass is 16.5. The van der Waals surface area contributed by atoms with Gasteiger partial charge in [0.25, 0.3) is 0 Å². The van der Waals surface area contributed by atoms with Crippen LogP contribution in [0.25, 0.3) is 0 Å². The van der Waals surface area contributed by atoms with Gasteiger partial charge >= 0.3 is 5.97 Å². The Balaban J connectivity index is 0.000000229. The van der Waals surface area contributed by atoms with E-state index in [2.05, 4.69) is 5.32 Å². The Morgan fingerprint density at radius 1 is 1.15 bits per heavy atom. The highest BCUT2D eigenvalue weighted by molar-refractivity contribution is 6.00. The third-order valence-electron chi connectivity index (χ3n) is 7.25. The summed E-state index contributed by atoms with van der Waals surface area (Å²) in [6.07, 6.45) is 9.30. The summed E-state index contributed by atoms with van der Waals surface area (Å²) in [5.41, 5.74) is 1.41. The molecule has 2 aliphatic heterocycles. The van der Waals surface area contributed by atoms with Crippen molar-refractivity contribution in [3.8, 4) is 5.75 Å². The number of likely N-dealkylation sites (tertiary alicyclic amines) is 1. The SMILES string of the molecule is CC1(C(=O)O)CCN(C=O)CC1.Cc1cc(C2CCC(=O)NC2=O)ccc1OC1CCCCC1. The molecule has 8 heteroatoms. The van der Waals surface area contributed by atoms with Crippen molar-refractivity contribution in [2.24, 2.45) is 5.41 Å². The van der Waals surface area contributed by atoms with E-state index in [0.717, 1.165) is 36.1 Å². The van der Waals surface area contributed by atoms with Gasteiger partial charge in [-0.15, -0.1) is 0 Å². The van der Waals surface area contributed by atoms with Gasteiger partial charge in [0, 0.05) is 19.5 Å². The predicted molar refractivity (Wildman–Crippen MR) is 126 cm³/mol. The normalized spacial score (nSPS) is 22.8. The molecule has 4 rings (SSSR count). The summed E-state index contributed by atoms with van der Waals surface area (Å²) in [6.45, 7) is 4.88. The molecule has 34 heavy (non-hydrogen) atoms. The van der Waals surface area contributed by atoms with Crippen LogP contribution in [0.4, 0.5) is 0 Å². The molecule has 2 heterocycles. The summed E-state index contributed by atoms with van der Waals surface area (Å²) in [5, 5.41) is 11.3. The second-order valence-corrected chi connectivity index (χ2v) is 9.91. The van der Waals surface area contributed by atoms with E-state index in [4.69, 9.17) is 9.84 Å². The van der Waals surface area contributed by atoms with E-state index < -0.39 is 11.4 Å². The van der Waals surface area contributed by atoms with Gasteiger partial charge in [0.15, 0.2) is 0 Å². The second-order valence-electron chi connectivity index (χ2n) is 9.91. The summed E-state index contributed by atoms with van der Waals surface area (Å²) in [7, 11) is 0. The van der Waals surface area contributed by atoms with Crippen molar-refractivity contribution >= 4 is 24.2 Å². The topological polar surface area (TPSA) is 113 Å². The zero-order valence-electron chi connectivity index (χ0n) is 20.2. The van der Waals surface area contributed by atoms with Crippen molar-refractivity contribution in [1.82, 2.24) is 10.2 Å². The number of carboxylic acids is 1. The van der Waals surface area contributed by atoms with Crippen molar-refractivity contribution < 1.29 is 29.0 Å². The van der Waals surface area contributed by atoms with Crippen LogP contribution in [0.3, 0.4) is 0 Å². The van der Waals surface area contributed by atoms with E-state index in [1.165, 1.54) is 19.3 Å². The lowest BCUT2D eigenvalue weighted by Crippen LogP contribution is -2.41. The first-order valence-electron chi connectivity index (χ1n) is 12.3. The quantitative estimate of drug-likeness (QED) is 0.501. The molecule has 2 N–H and O–H groups in total. The van der Waals surface area contributed by atoms with Crippen molar-refractivity contribution in [2.45, 2.75) is 83.7 Å². The maximum atomic E-state index is 12.0. The van der Waals surface area contributed by atoms with E-state index >= 15 is 0 Å². The minimum absolute atomic E-state index is 0.171. The molecule has 1 aliphatic carbocycles. The predicted octanol–water partition coefficient (Wildman–Crippen LogP) is 3.56. The molecule has 8 nitrogen and oxygen atoms in total. The lowest BCUT2D eigenvalue weighted by molar-refractivity contribution is -0.151. The summed E-state index contributed by atoms with van der Waals surface area (Å²) in [6, 6.07) is 5.96. The largest absolute Gasteiger partial charge is 0.490 e. The second kappa shape index (κ2) is 11.5. The lowest BCUT2D eigenvalue weighted by atomic mass is 9.81. The Kier molecular flexibility index (Phi) is 8.69. The molecule has 186 valence electrons. The molecule has 1 atom stereocenters. The van der Waals surface area contributed by atoms with E-state index in [-0.39, 0.29) is 17.7 Å². The number of carbonyl (C=O) groups is 4. The van der Waals surface area contributed by atoms with Crippen molar-refractivity contribution in [2.75, 3.05) is 13.1 Å². The van der Waals surface area contributed by atoms with Gasteiger partial charge in [-0.25, -0.2) is 0 Å². The standard InChI is InChI=1S/C18H23NO3.C8H13NO3/c1-12-11-13(15-8-10-17(20)19-18(15)21)7-9-16(12)22-14-5-3-2-4-6-14;1-8(7(11)12)2-4-9(6-10)5-3-8/h7,9,11,14-15H,2-6,8,10H2,1H3,(H,19,20,21);6H,2-5H2,1H3,(H,11,12). The number of hydrogen-bond donors (Lipinski definition) is 2. The number of amides is 3. The molecule has 0 aromatic heterocycles. The zero-order valence-corrected chi connectivity index (χ0v) is 20.2. The molecule has 0 spiro atoms. The smallest absolute Gasteiger partial charge is 0.309 e. The van der Waals surface area contributed by atoms with Crippen LogP contribution >= 0.6 is 0 Å². The molecule has 2 saturated heterocycles. The molecule has 0 radical (unpaired) electrons. The van der Waals surface area contributed by atoms with Crippen LogP contribution in [0.1, 0.15) is 81.8 Å². The van der Waals surface area contributed by atoms with Crippen molar-refractivity contribution in [3.63, 3.8) is 0 Å². The Morgan fingerprint density at radius 2 is 1.82 bits per heavy atom. The fourth-order valence-corrected chi connectivity index (χ4v) is 4.73. The average molecular weight is 473 g/mol. The number of benzene rings is 1. The van der Waals surface area contributed by atoms with Gasteiger partial charge in [-0.05, 0) is 76.0 Å². The number of carboxylic acid groups (broad SMARTS) is 1. The molecule has 3 aliphatic rings. The Hall–Kier alpha value is -2.90. The minimum Gasteiger partial charge on any atom is -0.490 e. The Bertz CT molecular complexity index is 901. The van der Waals surface area contributed by atoms with Crippen LogP contribution in [-0.4, -0.2) is 53.4 Å². The minimum atomic E-state index is -0.756. The Morgan fingerprint density at radius 3 is 2.38 bits per heavy atom. The van der Waals surface area contributed by atoms with Crippen LogP contribution in [0.5, 0.6) is 5.75 Å². The fourth-order valence-electron chi connectivity index (χ4n) is 4.73. The maximum Gasteiger partial charge on any atom is 0.309 e. The summed E-state index contributed by atoms with van der Waals surface area (Å²) >= 11 is 0. The number of carbonyl (C=O) groups excluding carboxylic acids is 3. The fraction of sp³-hybridized carbons (Fsp3) is 0.615. The number of rotatable bonds is 5. The van der Waals surface area contributed by atoms with Gasteiger partial charge in [0.05, 0.1) is 17.4 Å². The van der Waals surface area contributed by atoms with Gasteiger partial charge in [-0.2, -0.15) is 0 Å². The first kappa shape index (κ1) is 25.7. The highest BCUT2D eigenvalue weighted by Gasteiger charge is 2.36. The van der Waals surface area contributed by atoms with Gasteiger partial charge in [-0.3, -0.25) is 24.5 Å². The maximum absolute atomic E-state index is 12.0. The van der Waals surface area contributed by atoms with Crippen molar-refractivity contribution in [3.05, 3.63) is 29.3 Å². The number of ether oxygens (including phenoxy) is 1. The van der Waals surface area contributed by atoms with Crippen LogP contribution in [0.15, 0.2) is 18.2 Å². The third kappa shape index (κ3) is 6.58. The number of aliphatic carboxylic acids is 1. The van der Waals surface area contributed by atoms with Gasteiger partial charge in [0.2, 0.25) is 18.2 Å². The van der Waals surface area contributed by atoms with Crippen molar-refractivity contribution in [1.29, 1.82) is 0 Å². The molecule has 3 amide bonds. The van der Waals surface area contributed by atoms with E-state index in [1.54, 1.807) is 11.8 Å². The molecular formula is C26H36N2O6. The van der Waals surface area contributed by atoms with Gasteiger partial charge in [-0.1, -0.05) is 18.6 Å². The third-order valence-corrected chi connectivity index (χ3v) is 7.25. The number of nitrogens with one attached hydrogen (secondary N) is 1. The number of nitrogens with zero attached hydrogens (tertiary/aromatic N) is 1. The molecule has 0 bridgehead atoms. The summed E-state index contributed by atoms with van der Waals surface area (Å²) < 4.78 is 6.12. The summed E-state index contributed by atoms with van der Waals surface area (Å²) in [5.74, 6) is -0.414.